The summed E-state index contributed by atoms with van der Waals surface area (Å²) in [4.78, 5) is 27.8. The molecule has 7 nitrogen and oxygen atoms in total. The van der Waals surface area contributed by atoms with Crippen LogP contribution in [0.15, 0.2) is 57.9 Å². The number of carbonyl (C=O) groups excluding carboxylic acids is 1. The number of rotatable bonds is 6. The minimum atomic E-state index is -4.41. The fourth-order valence-electron chi connectivity index (χ4n) is 4.13. The highest BCUT2D eigenvalue weighted by molar-refractivity contribution is 5.98. The van der Waals surface area contributed by atoms with E-state index in [4.69, 9.17) is 9.15 Å². The maximum Gasteiger partial charge on any atom is 0.416 e. The van der Waals surface area contributed by atoms with Gasteiger partial charge < -0.3 is 19.0 Å². The Labute approximate surface area is 193 Å². The van der Waals surface area contributed by atoms with Crippen molar-refractivity contribution in [3.8, 4) is 5.75 Å². The predicted molar refractivity (Wildman–Crippen MR) is 118 cm³/mol. The molecule has 3 heterocycles. The Hall–Kier alpha value is -3.53. The van der Waals surface area contributed by atoms with Crippen LogP contribution in [0.1, 0.15) is 32.9 Å². The van der Waals surface area contributed by atoms with Crippen LogP contribution < -0.4 is 15.6 Å². The third-order valence-electron chi connectivity index (χ3n) is 5.80. The average molecular weight is 475 g/mol. The maximum absolute atomic E-state index is 13.1. The molecule has 0 fully saturated rings. The first-order chi connectivity index (χ1) is 16.3. The Morgan fingerprint density at radius 1 is 1.15 bits per heavy atom. The molecule has 34 heavy (non-hydrogen) atoms. The molecule has 0 saturated heterocycles. The molecule has 4 rings (SSSR count). The van der Waals surface area contributed by atoms with Gasteiger partial charge in [-0.25, -0.2) is 0 Å². The number of carbonyl (C=O) groups is 1. The average Bonchev–Trinajstić information content (AvgIpc) is 3.24. The lowest BCUT2D eigenvalue weighted by molar-refractivity contribution is -0.137. The summed E-state index contributed by atoms with van der Waals surface area (Å²) >= 11 is 0. The first-order valence-corrected chi connectivity index (χ1v) is 10.8. The Bertz CT molecular complexity index is 1220. The molecule has 180 valence electrons. The highest BCUT2D eigenvalue weighted by Gasteiger charge is 2.31. The summed E-state index contributed by atoms with van der Waals surface area (Å²) in [5.74, 6) is 0.363. The lowest BCUT2D eigenvalue weighted by atomic mass is 10.1. The van der Waals surface area contributed by atoms with E-state index in [-0.39, 0.29) is 23.4 Å². The van der Waals surface area contributed by atoms with E-state index in [9.17, 15) is 22.8 Å². The zero-order chi connectivity index (χ0) is 24.3. The van der Waals surface area contributed by atoms with E-state index in [1.54, 1.807) is 18.2 Å². The van der Waals surface area contributed by atoms with Crippen LogP contribution in [0.3, 0.4) is 0 Å². The molecule has 0 saturated carbocycles. The smallest absolute Gasteiger partial charge is 0.416 e. The molecule has 0 spiro atoms. The molecule has 1 aliphatic heterocycles. The van der Waals surface area contributed by atoms with Crippen molar-refractivity contribution in [1.29, 1.82) is 0 Å². The number of hydrogen-bond acceptors (Lipinski definition) is 5. The molecular weight excluding hydrogens is 451 g/mol. The number of methoxy groups -OCH3 is 1. The van der Waals surface area contributed by atoms with Crippen molar-refractivity contribution in [2.75, 3.05) is 20.2 Å². The number of nitrogens with one attached hydrogen (secondary N) is 1. The van der Waals surface area contributed by atoms with E-state index < -0.39 is 17.6 Å². The standard InChI is InChI=1S/C24H24F3N3O4/c1-33-20-13-21(31)30-10-9-29(15-16-4-2-5-17(12-16)24(25,26)27)8-7-19(30)22(20)23(32)28-14-18-6-3-11-34-18/h2-6,11-13H,7-10,14-15H2,1H3,(H,28,32). The van der Waals surface area contributed by atoms with Crippen LogP contribution in [-0.2, 0) is 32.2 Å². The number of amides is 1. The quantitative estimate of drug-likeness (QED) is 0.591. The number of pyridine rings is 1. The number of halogens is 3. The molecule has 0 radical (unpaired) electrons. The number of nitrogens with zero attached hydrogens (tertiary/aromatic N) is 2. The molecule has 1 N–H and O–H groups in total. The van der Waals surface area contributed by atoms with Crippen LogP contribution in [0.5, 0.6) is 5.75 Å². The number of hydrogen-bond donors (Lipinski definition) is 1. The van der Waals surface area contributed by atoms with Crippen molar-refractivity contribution in [2.24, 2.45) is 0 Å². The highest BCUT2D eigenvalue weighted by Crippen LogP contribution is 2.30. The van der Waals surface area contributed by atoms with Crippen molar-refractivity contribution in [3.63, 3.8) is 0 Å². The monoisotopic (exact) mass is 475 g/mol. The number of alkyl halides is 3. The van der Waals surface area contributed by atoms with Gasteiger partial charge in [0.1, 0.15) is 17.1 Å². The van der Waals surface area contributed by atoms with Gasteiger partial charge in [-0.15, -0.1) is 0 Å². The van der Waals surface area contributed by atoms with Gasteiger partial charge in [-0.3, -0.25) is 14.5 Å². The molecule has 1 aliphatic rings. The van der Waals surface area contributed by atoms with E-state index in [2.05, 4.69) is 5.32 Å². The van der Waals surface area contributed by atoms with Gasteiger partial charge >= 0.3 is 6.18 Å². The van der Waals surface area contributed by atoms with Gasteiger partial charge in [0.15, 0.2) is 0 Å². The van der Waals surface area contributed by atoms with Gasteiger partial charge in [-0.05, 0) is 23.8 Å². The van der Waals surface area contributed by atoms with Gasteiger partial charge in [0.2, 0.25) is 0 Å². The fraction of sp³-hybridized carbons (Fsp3) is 0.333. The van der Waals surface area contributed by atoms with Gasteiger partial charge in [0, 0.05) is 44.4 Å². The third-order valence-corrected chi connectivity index (χ3v) is 5.80. The second-order valence-corrected chi connectivity index (χ2v) is 8.01. The lowest BCUT2D eigenvalue weighted by Gasteiger charge is -2.20. The summed E-state index contributed by atoms with van der Waals surface area (Å²) in [6.07, 6.45) is -2.54. The number of ether oxygens (including phenoxy) is 1. The van der Waals surface area contributed by atoms with Gasteiger partial charge in [-0.1, -0.05) is 18.2 Å². The van der Waals surface area contributed by atoms with Crippen LogP contribution in [0.4, 0.5) is 13.2 Å². The summed E-state index contributed by atoms with van der Waals surface area (Å²) in [6.45, 7) is 1.68. The van der Waals surface area contributed by atoms with E-state index in [1.165, 1.54) is 30.1 Å². The van der Waals surface area contributed by atoms with Crippen molar-refractivity contribution in [2.45, 2.75) is 32.2 Å². The zero-order valence-corrected chi connectivity index (χ0v) is 18.5. The number of fused-ring (bicyclic) bond motifs is 1. The minimum absolute atomic E-state index is 0.176. The van der Waals surface area contributed by atoms with Crippen molar-refractivity contribution >= 4 is 5.91 Å². The number of benzene rings is 1. The molecule has 0 unspecified atom stereocenters. The van der Waals surface area contributed by atoms with E-state index >= 15 is 0 Å². The van der Waals surface area contributed by atoms with E-state index in [0.29, 0.717) is 49.6 Å². The summed E-state index contributed by atoms with van der Waals surface area (Å²) in [5, 5.41) is 2.79. The van der Waals surface area contributed by atoms with E-state index in [0.717, 1.165) is 12.1 Å². The maximum atomic E-state index is 13.1. The topological polar surface area (TPSA) is 76.7 Å². The van der Waals surface area contributed by atoms with Gasteiger partial charge in [-0.2, -0.15) is 13.2 Å². The Morgan fingerprint density at radius 3 is 2.68 bits per heavy atom. The van der Waals surface area contributed by atoms with Crippen LogP contribution in [0, 0.1) is 0 Å². The van der Waals surface area contributed by atoms with Crippen LogP contribution in [0.2, 0.25) is 0 Å². The molecule has 0 atom stereocenters. The first-order valence-electron chi connectivity index (χ1n) is 10.8. The van der Waals surface area contributed by atoms with E-state index in [1.807, 2.05) is 4.90 Å². The molecule has 2 aromatic heterocycles. The van der Waals surface area contributed by atoms with Gasteiger partial charge in [0.25, 0.3) is 11.5 Å². The molecule has 10 heteroatoms. The summed E-state index contributed by atoms with van der Waals surface area (Å²) in [6, 6.07) is 9.96. The van der Waals surface area contributed by atoms with Crippen LogP contribution in [0.25, 0.3) is 0 Å². The molecule has 1 aromatic carbocycles. The van der Waals surface area contributed by atoms with Crippen molar-refractivity contribution in [1.82, 2.24) is 14.8 Å². The SMILES string of the molecule is COc1cc(=O)n2c(c1C(=O)NCc1ccco1)CCN(Cc1cccc(C(F)(F)F)c1)CC2. The van der Waals surface area contributed by atoms with Gasteiger partial charge in [0.05, 0.1) is 25.5 Å². The van der Waals surface area contributed by atoms with Crippen molar-refractivity contribution in [3.05, 3.63) is 87.2 Å². The fourth-order valence-corrected chi connectivity index (χ4v) is 4.13. The second kappa shape index (κ2) is 9.76. The highest BCUT2D eigenvalue weighted by atomic mass is 19.4. The number of aromatic nitrogens is 1. The lowest BCUT2D eigenvalue weighted by Crippen LogP contribution is -2.31. The third kappa shape index (κ3) is 5.17. The summed E-state index contributed by atoms with van der Waals surface area (Å²) in [5.41, 5.74) is 0.347. The first kappa shape index (κ1) is 23.6. The second-order valence-electron chi connectivity index (χ2n) is 8.01. The Morgan fingerprint density at radius 2 is 1.97 bits per heavy atom. The Kier molecular flexibility index (Phi) is 6.78. The largest absolute Gasteiger partial charge is 0.496 e. The van der Waals surface area contributed by atoms with Crippen LogP contribution >= 0.6 is 0 Å². The predicted octanol–water partition coefficient (Wildman–Crippen LogP) is 3.46. The molecular formula is C24H24F3N3O4. The molecule has 1 amide bonds. The zero-order valence-electron chi connectivity index (χ0n) is 18.5. The summed E-state index contributed by atoms with van der Waals surface area (Å²) < 4.78 is 51.3. The summed E-state index contributed by atoms with van der Waals surface area (Å²) in [7, 11) is 1.39. The molecule has 3 aromatic rings. The normalized spacial score (nSPS) is 14.4. The molecule has 0 bridgehead atoms. The Balaban J connectivity index is 1.56. The van der Waals surface area contributed by atoms with Crippen LogP contribution in [-0.4, -0.2) is 35.6 Å². The minimum Gasteiger partial charge on any atom is -0.496 e. The van der Waals surface area contributed by atoms with Crippen molar-refractivity contribution < 1.29 is 27.1 Å². The number of furan rings is 1. The molecule has 0 aliphatic carbocycles.